The minimum atomic E-state index is -0.0526. The molecular formula is C62H62BN3. The summed E-state index contributed by atoms with van der Waals surface area (Å²) in [6, 6.07) is 66.8. The van der Waals surface area contributed by atoms with E-state index in [1.807, 2.05) is 0 Å². The minimum absolute atomic E-state index is 0.0216. The fraction of sp³-hybridized carbons (Fsp3) is 0.226. The van der Waals surface area contributed by atoms with Crippen LogP contribution in [0.1, 0.15) is 90.1 Å². The van der Waals surface area contributed by atoms with Crippen molar-refractivity contribution in [2.45, 2.75) is 92.4 Å². The maximum atomic E-state index is 2.59. The molecule has 0 bridgehead atoms. The zero-order valence-electron chi connectivity index (χ0n) is 40.7. The van der Waals surface area contributed by atoms with Crippen molar-refractivity contribution in [3.8, 4) is 11.1 Å². The van der Waals surface area contributed by atoms with Crippen LogP contribution >= 0.6 is 0 Å². The van der Waals surface area contributed by atoms with Crippen LogP contribution < -0.4 is 31.1 Å². The smallest absolute Gasteiger partial charge is 0.252 e. The molecule has 10 rings (SSSR count). The summed E-state index contributed by atoms with van der Waals surface area (Å²) >= 11 is 0. The molecule has 0 fully saturated rings. The largest absolute Gasteiger partial charge is 0.311 e. The Balaban J connectivity index is 1.37. The average Bonchev–Trinajstić information content (AvgIpc) is 3.29. The van der Waals surface area contributed by atoms with Gasteiger partial charge in [0.05, 0.1) is 11.4 Å². The van der Waals surface area contributed by atoms with Gasteiger partial charge in [-0.15, -0.1) is 0 Å². The van der Waals surface area contributed by atoms with Crippen LogP contribution in [0.4, 0.5) is 51.2 Å². The molecule has 66 heavy (non-hydrogen) atoms. The van der Waals surface area contributed by atoms with Gasteiger partial charge in [0.25, 0.3) is 6.71 Å². The maximum absolute atomic E-state index is 2.59. The van der Waals surface area contributed by atoms with Crippen LogP contribution in [0.2, 0.25) is 0 Å². The highest BCUT2D eigenvalue weighted by molar-refractivity contribution is 7.00. The minimum Gasteiger partial charge on any atom is -0.311 e. The summed E-state index contributed by atoms with van der Waals surface area (Å²) in [6.45, 7) is 25.2. The van der Waals surface area contributed by atoms with Crippen LogP contribution in [0.15, 0.2) is 176 Å². The third-order valence-corrected chi connectivity index (χ3v) is 13.8. The Labute approximate surface area is 394 Å². The normalized spacial score (nSPS) is 13.3. The molecule has 0 spiro atoms. The summed E-state index contributed by atoms with van der Waals surface area (Å²) in [5.74, 6) is 0. The molecule has 0 saturated heterocycles. The zero-order valence-corrected chi connectivity index (χ0v) is 40.7. The lowest BCUT2D eigenvalue weighted by atomic mass is 9.33. The quantitative estimate of drug-likeness (QED) is 0.154. The Kier molecular flexibility index (Phi) is 10.4. The second kappa shape index (κ2) is 16.0. The van der Waals surface area contributed by atoms with Crippen LogP contribution in [0.5, 0.6) is 0 Å². The lowest BCUT2D eigenvalue weighted by molar-refractivity contribution is 0.590. The Morgan fingerprint density at radius 1 is 0.379 bits per heavy atom. The molecule has 4 heteroatoms. The van der Waals surface area contributed by atoms with Gasteiger partial charge in [0, 0.05) is 45.4 Å². The van der Waals surface area contributed by atoms with Gasteiger partial charge in [-0.25, -0.2) is 0 Å². The lowest BCUT2D eigenvalue weighted by Gasteiger charge is -2.46. The van der Waals surface area contributed by atoms with Gasteiger partial charge in [0.2, 0.25) is 0 Å². The molecule has 8 aromatic carbocycles. The standard InChI is InChI=1S/C62H62BN3/c1-41-21-29-47(30-22-41)64(48-31-23-42(2)24-32-48)50-39-57-59-58(40-50)66(54-20-16-15-19-51(54)43-17-13-12-14-18-43)56-36-28-46(62(9,10)11)38-53(56)63(59)52-37-45(61(6,7)8)27-35-55(52)65(57)49-33-25-44(26-34-49)60(3,4)5/h12-40H,1-11H3. The van der Waals surface area contributed by atoms with E-state index in [1.165, 1.54) is 78.1 Å². The van der Waals surface area contributed by atoms with Gasteiger partial charge in [-0.3, -0.25) is 0 Å². The van der Waals surface area contributed by atoms with Gasteiger partial charge in [-0.05, 0) is 135 Å². The summed E-state index contributed by atoms with van der Waals surface area (Å²) in [5.41, 5.74) is 23.1. The number of para-hydroxylation sites is 1. The molecule has 0 radical (unpaired) electrons. The third kappa shape index (κ3) is 7.61. The van der Waals surface area contributed by atoms with E-state index in [9.17, 15) is 0 Å². The van der Waals surface area contributed by atoms with E-state index in [2.05, 4.69) is 267 Å². The first kappa shape index (κ1) is 43.1. The van der Waals surface area contributed by atoms with Crippen molar-refractivity contribution in [3.05, 3.63) is 204 Å². The van der Waals surface area contributed by atoms with E-state index >= 15 is 0 Å². The van der Waals surface area contributed by atoms with Gasteiger partial charge in [0.15, 0.2) is 0 Å². The summed E-state index contributed by atoms with van der Waals surface area (Å²) in [7, 11) is 0. The van der Waals surface area contributed by atoms with Gasteiger partial charge < -0.3 is 14.7 Å². The number of nitrogens with zero attached hydrogens (tertiary/aromatic N) is 3. The van der Waals surface area contributed by atoms with E-state index < -0.39 is 0 Å². The van der Waals surface area contributed by atoms with Gasteiger partial charge in [0.1, 0.15) is 0 Å². The Hall–Kier alpha value is -6.78. The number of fused-ring (bicyclic) bond motifs is 4. The second-order valence-electron chi connectivity index (χ2n) is 21.7. The Morgan fingerprint density at radius 2 is 0.833 bits per heavy atom. The van der Waals surface area contributed by atoms with Crippen LogP contribution in [0, 0.1) is 13.8 Å². The van der Waals surface area contributed by atoms with E-state index in [4.69, 9.17) is 0 Å². The predicted molar refractivity (Wildman–Crippen MR) is 286 cm³/mol. The topological polar surface area (TPSA) is 9.72 Å². The maximum Gasteiger partial charge on any atom is 0.252 e. The molecule has 3 nitrogen and oxygen atoms in total. The summed E-state index contributed by atoms with van der Waals surface area (Å²) in [5, 5.41) is 0. The fourth-order valence-electron chi connectivity index (χ4n) is 10.1. The van der Waals surface area contributed by atoms with Crippen molar-refractivity contribution in [1.29, 1.82) is 0 Å². The van der Waals surface area contributed by atoms with Crippen molar-refractivity contribution < 1.29 is 0 Å². The highest BCUT2D eigenvalue weighted by Crippen LogP contribution is 2.50. The van der Waals surface area contributed by atoms with E-state index in [0.717, 1.165) is 28.4 Å². The SMILES string of the molecule is Cc1ccc(N(c2ccc(C)cc2)c2cc3c4c(c2)N(c2ccccc2-c2ccccc2)c2ccc(C(C)(C)C)cc2B4c2cc(C(C)(C)C)ccc2N3c2ccc(C(C)(C)C)cc2)cc1. The van der Waals surface area contributed by atoms with Crippen molar-refractivity contribution in [3.63, 3.8) is 0 Å². The van der Waals surface area contributed by atoms with Crippen LogP contribution in [-0.2, 0) is 16.2 Å². The summed E-state index contributed by atoms with van der Waals surface area (Å²) in [4.78, 5) is 7.60. The first-order chi connectivity index (χ1) is 31.5. The van der Waals surface area contributed by atoms with E-state index in [0.29, 0.717) is 0 Å². The van der Waals surface area contributed by atoms with Crippen molar-refractivity contribution >= 4 is 74.3 Å². The van der Waals surface area contributed by atoms with E-state index in [-0.39, 0.29) is 23.0 Å². The monoisotopic (exact) mass is 860 g/mol. The number of aryl methyl sites for hydroxylation is 2. The third-order valence-electron chi connectivity index (χ3n) is 13.8. The Bertz CT molecular complexity index is 3050. The average molecular weight is 860 g/mol. The predicted octanol–water partition coefficient (Wildman–Crippen LogP) is 15.4. The zero-order chi connectivity index (χ0) is 46.3. The number of hydrogen-bond donors (Lipinski definition) is 0. The molecule has 2 heterocycles. The van der Waals surface area contributed by atoms with Crippen molar-refractivity contribution in [1.82, 2.24) is 0 Å². The fourth-order valence-corrected chi connectivity index (χ4v) is 10.1. The number of hydrogen-bond acceptors (Lipinski definition) is 3. The number of rotatable bonds is 6. The molecule has 0 unspecified atom stereocenters. The molecular weight excluding hydrogens is 798 g/mol. The number of anilines is 9. The highest BCUT2D eigenvalue weighted by Gasteiger charge is 2.45. The van der Waals surface area contributed by atoms with Crippen molar-refractivity contribution in [2.24, 2.45) is 0 Å². The lowest BCUT2D eigenvalue weighted by Crippen LogP contribution is -2.61. The molecule has 8 aromatic rings. The van der Waals surface area contributed by atoms with E-state index in [1.54, 1.807) is 0 Å². The molecule has 0 saturated carbocycles. The molecule has 2 aliphatic heterocycles. The van der Waals surface area contributed by atoms with Crippen LogP contribution in [0.3, 0.4) is 0 Å². The molecule has 0 amide bonds. The first-order valence-electron chi connectivity index (χ1n) is 23.7. The highest BCUT2D eigenvalue weighted by atomic mass is 15.2. The molecule has 0 N–H and O–H groups in total. The molecule has 0 aromatic heterocycles. The number of benzene rings is 8. The van der Waals surface area contributed by atoms with Gasteiger partial charge in [-0.2, -0.15) is 0 Å². The molecule has 2 aliphatic rings. The van der Waals surface area contributed by atoms with Crippen LogP contribution in [0.25, 0.3) is 11.1 Å². The Morgan fingerprint density at radius 3 is 1.35 bits per heavy atom. The molecule has 328 valence electrons. The summed E-state index contributed by atoms with van der Waals surface area (Å²) < 4.78 is 0. The first-order valence-corrected chi connectivity index (χ1v) is 23.7. The van der Waals surface area contributed by atoms with Gasteiger partial charge >= 0.3 is 0 Å². The molecule has 0 aliphatic carbocycles. The summed E-state index contributed by atoms with van der Waals surface area (Å²) in [6.07, 6.45) is 0. The molecule has 0 atom stereocenters. The second-order valence-corrected chi connectivity index (χ2v) is 21.7. The van der Waals surface area contributed by atoms with Crippen molar-refractivity contribution in [2.75, 3.05) is 14.7 Å². The van der Waals surface area contributed by atoms with Crippen LogP contribution in [-0.4, -0.2) is 6.71 Å². The van der Waals surface area contributed by atoms with Gasteiger partial charge in [-0.1, -0.05) is 183 Å².